The summed E-state index contributed by atoms with van der Waals surface area (Å²) in [6, 6.07) is 7.20. The topological polar surface area (TPSA) is 15.3 Å². The van der Waals surface area contributed by atoms with Gasteiger partial charge in [0.05, 0.1) is 0 Å². The van der Waals surface area contributed by atoms with Gasteiger partial charge >= 0.3 is 0 Å². The minimum absolute atomic E-state index is 0.509. The second-order valence-electron chi connectivity index (χ2n) is 5.70. The maximum absolute atomic E-state index is 6.46. The molecule has 2 nitrogen and oxygen atoms in total. The number of piperidine rings is 1. The molecule has 1 aromatic rings. The van der Waals surface area contributed by atoms with Gasteiger partial charge in [0.1, 0.15) is 0 Å². The second kappa shape index (κ2) is 5.20. The molecule has 3 rings (SSSR count). The highest BCUT2D eigenvalue weighted by Crippen LogP contribution is 2.34. The van der Waals surface area contributed by atoms with Crippen molar-refractivity contribution in [2.45, 2.75) is 31.2 Å². The SMILES string of the molecule is CN1CC(c2ccc(C3CCCCN3)cc2Cl)C1. The summed E-state index contributed by atoms with van der Waals surface area (Å²) < 4.78 is 0. The van der Waals surface area contributed by atoms with Gasteiger partial charge in [-0.15, -0.1) is 0 Å². The zero-order chi connectivity index (χ0) is 12.5. The van der Waals surface area contributed by atoms with E-state index in [0.29, 0.717) is 12.0 Å². The summed E-state index contributed by atoms with van der Waals surface area (Å²) >= 11 is 6.46. The van der Waals surface area contributed by atoms with Gasteiger partial charge in [-0.2, -0.15) is 0 Å². The maximum atomic E-state index is 6.46. The highest BCUT2D eigenvalue weighted by molar-refractivity contribution is 6.31. The molecule has 0 saturated carbocycles. The van der Waals surface area contributed by atoms with Gasteiger partial charge < -0.3 is 10.2 Å². The average molecular weight is 265 g/mol. The lowest BCUT2D eigenvalue weighted by molar-refractivity contribution is 0.190. The number of nitrogens with one attached hydrogen (secondary N) is 1. The molecule has 0 radical (unpaired) electrons. The minimum Gasteiger partial charge on any atom is -0.310 e. The molecule has 1 atom stereocenters. The van der Waals surface area contributed by atoms with Crippen LogP contribution >= 0.6 is 11.6 Å². The summed E-state index contributed by atoms with van der Waals surface area (Å²) in [5.41, 5.74) is 2.69. The molecule has 2 aliphatic rings. The Labute approximate surface area is 114 Å². The molecule has 2 saturated heterocycles. The largest absolute Gasteiger partial charge is 0.310 e. The number of likely N-dealkylation sites (tertiary alicyclic amines) is 1. The Morgan fingerprint density at radius 1 is 1.28 bits per heavy atom. The summed E-state index contributed by atoms with van der Waals surface area (Å²) in [6.07, 6.45) is 3.86. The van der Waals surface area contributed by atoms with Crippen molar-refractivity contribution >= 4 is 11.6 Å². The van der Waals surface area contributed by atoms with Crippen molar-refractivity contribution in [3.63, 3.8) is 0 Å². The Balaban J connectivity index is 1.75. The summed E-state index contributed by atoms with van der Waals surface area (Å²) in [7, 11) is 2.16. The molecule has 0 spiro atoms. The Kier molecular flexibility index (Phi) is 3.60. The molecule has 3 heteroatoms. The molecule has 0 bridgehead atoms. The Bertz CT molecular complexity index is 421. The fourth-order valence-electron chi connectivity index (χ4n) is 3.12. The molecule has 2 heterocycles. The maximum Gasteiger partial charge on any atom is 0.0445 e. The van der Waals surface area contributed by atoms with Crippen LogP contribution in [0.15, 0.2) is 18.2 Å². The van der Waals surface area contributed by atoms with Gasteiger partial charge in [-0.3, -0.25) is 0 Å². The number of hydrogen-bond acceptors (Lipinski definition) is 2. The van der Waals surface area contributed by atoms with E-state index in [2.05, 4.69) is 35.5 Å². The standard InChI is InChI=1S/C15H21ClN2/c1-18-9-12(10-18)13-6-5-11(8-14(13)16)15-4-2-3-7-17-15/h5-6,8,12,15,17H,2-4,7,9-10H2,1H3. The zero-order valence-electron chi connectivity index (χ0n) is 11.0. The van der Waals surface area contributed by atoms with Crippen molar-refractivity contribution in [1.29, 1.82) is 0 Å². The van der Waals surface area contributed by atoms with E-state index in [1.165, 1.54) is 30.4 Å². The third-order valence-corrected chi connectivity index (χ3v) is 4.57. The van der Waals surface area contributed by atoms with Crippen molar-refractivity contribution < 1.29 is 0 Å². The van der Waals surface area contributed by atoms with Gasteiger partial charge in [0.25, 0.3) is 0 Å². The van der Waals surface area contributed by atoms with E-state index < -0.39 is 0 Å². The third-order valence-electron chi connectivity index (χ3n) is 4.24. The highest BCUT2D eigenvalue weighted by Gasteiger charge is 2.27. The van der Waals surface area contributed by atoms with E-state index in [4.69, 9.17) is 11.6 Å². The number of rotatable bonds is 2. The predicted molar refractivity (Wildman–Crippen MR) is 76.3 cm³/mol. The Morgan fingerprint density at radius 3 is 2.72 bits per heavy atom. The van der Waals surface area contributed by atoms with Crippen molar-refractivity contribution in [3.8, 4) is 0 Å². The summed E-state index contributed by atoms with van der Waals surface area (Å²) in [5.74, 6) is 0.635. The molecule has 0 aromatic heterocycles. The number of benzene rings is 1. The lowest BCUT2D eigenvalue weighted by Crippen LogP contribution is -2.41. The highest BCUT2D eigenvalue weighted by atomic mass is 35.5. The summed E-state index contributed by atoms with van der Waals surface area (Å²) in [4.78, 5) is 2.33. The molecule has 18 heavy (non-hydrogen) atoms. The fourth-order valence-corrected chi connectivity index (χ4v) is 3.47. The van der Waals surface area contributed by atoms with Crippen LogP contribution in [0.2, 0.25) is 5.02 Å². The van der Waals surface area contributed by atoms with E-state index >= 15 is 0 Å². The van der Waals surface area contributed by atoms with Crippen LogP contribution in [0.5, 0.6) is 0 Å². The van der Waals surface area contributed by atoms with Gasteiger partial charge in [0.2, 0.25) is 0 Å². The molecular weight excluding hydrogens is 244 g/mol. The van der Waals surface area contributed by atoms with Crippen LogP contribution in [-0.2, 0) is 0 Å². The van der Waals surface area contributed by atoms with E-state index in [1.807, 2.05) is 0 Å². The number of nitrogens with zero attached hydrogens (tertiary/aromatic N) is 1. The van der Waals surface area contributed by atoms with Crippen molar-refractivity contribution in [2.24, 2.45) is 0 Å². The summed E-state index contributed by atoms with van der Waals surface area (Å²) in [5, 5.41) is 4.54. The lowest BCUT2D eigenvalue weighted by Gasteiger charge is -2.37. The lowest BCUT2D eigenvalue weighted by atomic mass is 9.89. The Morgan fingerprint density at radius 2 is 2.11 bits per heavy atom. The molecule has 2 aliphatic heterocycles. The van der Waals surface area contributed by atoms with Crippen molar-refractivity contribution in [3.05, 3.63) is 34.3 Å². The van der Waals surface area contributed by atoms with Gasteiger partial charge in [-0.05, 0) is 43.6 Å². The minimum atomic E-state index is 0.509. The molecule has 1 N–H and O–H groups in total. The quantitative estimate of drug-likeness (QED) is 0.883. The monoisotopic (exact) mass is 264 g/mol. The van der Waals surface area contributed by atoms with Gasteiger partial charge in [-0.25, -0.2) is 0 Å². The molecular formula is C15H21ClN2. The van der Waals surface area contributed by atoms with E-state index in [-0.39, 0.29) is 0 Å². The molecule has 0 aliphatic carbocycles. The Hall–Kier alpha value is -0.570. The number of likely N-dealkylation sites (N-methyl/N-ethyl adjacent to an activating group) is 1. The van der Waals surface area contributed by atoms with Crippen LogP contribution in [0.3, 0.4) is 0 Å². The van der Waals surface area contributed by atoms with Crippen LogP contribution in [0.25, 0.3) is 0 Å². The molecule has 1 unspecified atom stereocenters. The number of halogens is 1. The fraction of sp³-hybridized carbons (Fsp3) is 0.600. The zero-order valence-corrected chi connectivity index (χ0v) is 11.7. The average Bonchev–Trinajstić information content (AvgIpc) is 2.36. The first-order chi connectivity index (χ1) is 8.74. The first-order valence-electron chi connectivity index (χ1n) is 6.95. The van der Waals surface area contributed by atoms with Gasteiger partial charge in [-0.1, -0.05) is 30.2 Å². The smallest absolute Gasteiger partial charge is 0.0445 e. The van der Waals surface area contributed by atoms with E-state index in [9.17, 15) is 0 Å². The van der Waals surface area contributed by atoms with E-state index in [0.717, 1.165) is 24.7 Å². The molecule has 0 amide bonds. The van der Waals surface area contributed by atoms with E-state index in [1.54, 1.807) is 0 Å². The first kappa shape index (κ1) is 12.5. The van der Waals surface area contributed by atoms with Crippen LogP contribution in [-0.4, -0.2) is 31.6 Å². The van der Waals surface area contributed by atoms with Crippen LogP contribution in [0.4, 0.5) is 0 Å². The first-order valence-corrected chi connectivity index (χ1v) is 7.33. The van der Waals surface area contributed by atoms with Crippen LogP contribution in [0, 0.1) is 0 Å². The normalized spacial score (nSPS) is 26.0. The van der Waals surface area contributed by atoms with Crippen LogP contribution < -0.4 is 5.32 Å². The molecule has 2 fully saturated rings. The summed E-state index contributed by atoms with van der Waals surface area (Å²) in [6.45, 7) is 3.42. The van der Waals surface area contributed by atoms with Gasteiger partial charge in [0, 0.05) is 30.1 Å². The predicted octanol–water partition coefficient (Wildman–Crippen LogP) is 3.18. The second-order valence-corrected chi connectivity index (χ2v) is 6.11. The third kappa shape index (κ3) is 2.42. The van der Waals surface area contributed by atoms with Crippen molar-refractivity contribution in [2.75, 3.05) is 26.7 Å². The van der Waals surface area contributed by atoms with Gasteiger partial charge in [0.15, 0.2) is 0 Å². The van der Waals surface area contributed by atoms with Crippen LogP contribution in [0.1, 0.15) is 42.3 Å². The number of hydrogen-bond donors (Lipinski definition) is 1. The molecule has 98 valence electrons. The van der Waals surface area contributed by atoms with Crippen molar-refractivity contribution in [1.82, 2.24) is 10.2 Å². The molecule has 1 aromatic carbocycles.